The van der Waals surface area contributed by atoms with E-state index in [1.54, 1.807) is 18.2 Å². The average molecular weight is 490 g/mol. The number of hydrogen-bond donors (Lipinski definition) is 2. The van der Waals surface area contributed by atoms with Gasteiger partial charge in [-0.05, 0) is 30.3 Å². The van der Waals surface area contributed by atoms with E-state index >= 15 is 0 Å². The Morgan fingerprint density at radius 3 is 2.34 bits per heavy atom. The molecule has 0 fully saturated rings. The topological polar surface area (TPSA) is 99.5 Å². The number of aryl methyl sites for hydroxylation is 1. The first-order valence-electron chi connectivity index (χ1n) is 10.7. The first-order valence-corrected chi connectivity index (χ1v) is 11.5. The first kappa shape index (κ1) is 22.5. The molecule has 0 spiro atoms. The van der Waals surface area contributed by atoms with E-state index in [1.165, 1.54) is 32.7 Å². The van der Waals surface area contributed by atoms with Crippen LogP contribution in [0.25, 0.3) is 21.3 Å². The van der Waals surface area contributed by atoms with Gasteiger partial charge < -0.3 is 29.4 Å². The van der Waals surface area contributed by atoms with Crippen molar-refractivity contribution in [1.29, 1.82) is 0 Å². The van der Waals surface area contributed by atoms with Crippen LogP contribution in [0.2, 0.25) is 0 Å². The number of nitrogens with zero attached hydrogens (tertiary/aromatic N) is 3. The normalized spacial score (nSPS) is 11.0. The summed E-state index contributed by atoms with van der Waals surface area (Å²) >= 11 is 1.45. The number of anilines is 3. The predicted octanol–water partition coefficient (Wildman–Crippen LogP) is 5.20. The number of thiazole rings is 1. The molecule has 3 aromatic carbocycles. The molecule has 5 rings (SSSR count). The summed E-state index contributed by atoms with van der Waals surface area (Å²) in [6.45, 7) is 0. The van der Waals surface area contributed by atoms with Gasteiger partial charge in [-0.2, -0.15) is 0 Å². The monoisotopic (exact) mass is 489 g/mol. The number of benzene rings is 3. The van der Waals surface area contributed by atoms with Crippen LogP contribution in [-0.2, 0) is 7.05 Å². The molecule has 10 heteroatoms. The van der Waals surface area contributed by atoms with Crippen LogP contribution in [0.4, 0.5) is 16.8 Å². The minimum absolute atomic E-state index is 0.264. The van der Waals surface area contributed by atoms with Gasteiger partial charge in [0.1, 0.15) is 0 Å². The quantitative estimate of drug-likeness (QED) is 0.324. The summed E-state index contributed by atoms with van der Waals surface area (Å²) in [5.41, 5.74) is 3.76. The Bertz CT molecular complexity index is 1530. The second kappa shape index (κ2) is 9.15. The molecule has 0 aliphatic heterocycles. The van der Waals surface area contributed by atoms with Gasteiger partial charge in [-0.15, -0.1) is 0 Å². The van der Waals surface area contributed by atoms with Crippen LogP contribution >= 0.6 is 11.3 Å². The molecule has 2 heterocycles. The molecule has 0 unspecified atom stereocenters. The van der Waals surface area contributed by atoms with Crippen molar-refractivity contribution in [3.63, 3.8) is 0 Å². The summed E-state index contributed by atoms with van der Waals surface area (Å²) in [7, 11) is 6.54. The SMILES string of the molecule is COc1cc(NC(=O)c2ccc3nc(Nc4nc5ccccc5n4C)sc3c2)cc(OC)c1OC. The predicted molar refractivity (Wildman–Crippen MR) is 138 cm³/mol. The Kier molecular flexibility index (Phi) is 5.87. The number of para-hydroxylation sites is 2. The van der Waals surface area contributed by atoms with Gasteiger partial charge in [0.25, 0.3) is 5.91 Å². The lowest BCUT2D eigenvalue weighted by Crippen LogP contribution is -2.12. The number of methoxy groups -OCH3 is 3. The fourth-order valence-electron chi connectivity index (χ4n) is 3.83. The maximum absolute atomic E-state index is 13.0. The van der Waals surface area contributed by atoms with Crippen LogP contribution in [0.15, 0.2) is 54.6 Å². The Balaban J connectivity index is 1.39. The minimum atomic E-state index is -0.264. The molecule has 0 saturated carbocycles. The van der Waals surface area contributed by atoms with Crippen LogP contribution in [-0.4, -0.2) is 41.8 Å². The van der Waals surface area contributed by atoms with Crippen LogP contribution in [0.3, 0.4) is 0 Å². The zero-order chi connectivity index (χ0) is 24.5. The molecule has 0 aliphatic carbocycles. The van der Waals surface area contributed by atoms with Gasteiger partial charge in [0, 0.05) is 30.4 Å². The van der Waals surface area contributed by atoms with E-state index < -0.39 is 0 Å². The molecule has 0 saturated heterocycles. The van der Waals surface area contributed by atoms with Gasteiger partial charge in [0.2, 0.25) is 11.7 Å². The van der Waals surface area contributed by atoms with Crippen LogP contribution in [0, 0.1) is 0 Å². The number of amides is 1. The second-order valence-corrected chi connectivity index (χ2v) is 8.71. The van der Waals surface area contributed by atoms with E-state index in [1.807, 2.05) is 48.0 Å². The third-order valence-corrected chi connectivity index (χ3v) is 6.51. The zero-order valence-corrected chi connectivity index (χ0v) is 20.4. The van der Waals surface area contributed by atoms with Gasteiger partial charge >= 0.3 is 0 Å². The smallest absolute Gasteiger partial charge is 0.255 e. The zero-order valence-electron chi connectivity index (χ0n) is 19.6. The number of nitrogens with one attached hydrogen (secondary N) is 2. The van der Waals surface area contributed by atoms with Crippen molar-refractivity contribution in [2.75, 3.05) is 32.0 Å². The van der Waals surface area contributed by atoms with Crippen molar-refractivity contribution in [3.05, 3.63) is 60.2 Å². The summed E-state index contributed by atoms with van der Waals surface area (Å²) in [4.78, 5) is 22.3. The largest absolute Gasteiger partial charge is 0.493 e. The van der Waals surface area contributed by atoms with Gasteiger partial charge in [0.15, 0.2) is 16.6 Å². The standard InChI is InChI=1S/C25H23N5O4S/c1-30-18-8-6-5-7-16(18)27-24(30)29-25-28-17-10-9-14(11-21(17)35-25)23(31)26-15-12-19(32-2)22(34-4)20(13-15)33-3/h5-13H,1-4H3,(H,26,31)(H,27,28,29). The fourth-order valence-corrected chi connectivity index (χ4v) is 4.73. The summed E-state index contributed by atoms with van der Waals surface area (Å²) < 4.78 is 18.9. The van der Waals surface area contributed by atoms with Gasteiger partial charge in [-0.3, -0.25) is 4.79 Å². The summed E-state index contributed by atoms with van der Waals surface area (Å²) in [5, 5.41) is 6.88. The van der Waals surface area contributed by atoms with Crippen molar-refractivity contribution >= 4 is 55.3 Å². The average Bonchev–Trinajstić information content (AvgIpc) is 3.42. The molecule has 0 aliphatic rings. The van der Waals surface area contributed by atoms with Crippen LogP contribution in [0.5, 0.6) is 17.2 Å². The van der Waals surface area contributed by atoms with Gasteiger partial charge in [-0.1, -0.05) is 23.5 Å². The Labute approximate surface area is 205 Å². The Morgan fingerprint density at radius 1 is 0.914 bits per heavy atom. The molecule has 35 heavy (non-hydrogen) atoms. The molecule has 2 aromatic heterocycles. The van der Waals surface area contributed by atoms with Crippen molar-refractivity contribution in [2.45, 2.75) is 0 Å². The van der Waals surface area contributed by atoms with E-state index in [9.17, 15) is 4.79 Å². The highest BCUT2D eigenvalue weighted by Gasteiger charge is 2.16. The van der Waals surface area contributed by atoms with Crippen molar-refractivity contribution < 1.29 is 19.0 Å². The molecule has 2 N–H and O–H groups in total. The van der Waals surface area contributed by atoms with Crippen molar-refractivity contribution in [2.24, 2.45) is 7.05 Å². The maximum Gasteiger partial charge on any atom is 0.255 e. The molecule has 0 bridgehead atoms. The number of carbonyl (C=O) groups excluding carboxylic acids is 1. The van der Waals surface area contributed by atoms with E-state index in [0.717, 1.165) is 21.3 Å². The molecular weight excluding hydrogens is 466 g/mol. The fraction of sp³-hybridized carbons (Fsp3) is 0.160. The maximum atomic E-state index is 13.0. The first-order chi connectivity index (χ1) is 17.0. The van der Waals surface area contributed by atoms with Crippen LogP contribution in [0.1, 0.15) is 10.4 Å². The summed E-state index contributed by atoms with van der Waals surface area (Å²) in [6, 6.07) is 16.7. The van der Waals surface area contributed by atoms with Gasteiger partial charge in [-0.25, -0.2) is 9.97 Å². The molecule has 0 radical (unpaired) electrons. The molecule has 0 atom stereocenters. The molecule has 5 aromatic rings. The van der Waals surface area contributed by atoms with Crippen molar-refractivity contribution in [1.82, 2.24) is 14.5 Å². The molecular formula is C25H23N5O4S. The number of fused-ring (bicyclic) bond motifs is 2. The third kappa shape index (κ3) is 4.19. The number of imidazole rings is 1. The second-order valence-electron chi connectivity index (χ2n) is 7.68. The third-order valence-electron chi connectivity index (χ3n) is 5.58. The number of rotatable bonds is 7. The van der Waals surface area contributed by atoms with E-state index in [4.69, 9.17) is 14.2 Å². The Morgan fingerprint density at radius 2 is 1.66 bits per heavy atom. The minimum Gasteiger partial charge on any atom is -0.493 e. The number of carbonyl (C=O) groups is 1. The molecule has 178 valence electrons. The number of aromatic nitrogens is 3. The van der Waals surface area contributed by atoms with Crippen molar-refractivity contribution in [3.8, 4) is 17.2 Å². The molecule has 9 nitrogen and oxygen atoms in total. The summed E-state index contributed by atoms with van der Waals surface area (Å²) in [6.07, 6.45) is 0. The van der Waals surface area contributed by atoms with E-state index in [0.29, 0.717) is 39.6 Å². The number of hydrogen-bond acceptors (Lipinski definition) is 8. The highest BCUT2D eigenvalue weighted by molar-refractivity contribution is 7.22. The van der Waals surface area contributed by atoms with Crippen LogP contribution < -0.4 is 24.8 Å². The molecule has 1 amide bonds. The lowest BCUT2D eigenvalue weighted by atomic mass is 10.2. The number of ether oxygens (including phenoxy) is 3. The lowest BCUT2D eigenvalue weighted by Gasteiger charge is -2.14. The van der Waals surface area contributed by atoms with E-state index in [2.05, 4.69) is 20.6 Å². The lowest BCUT2D eigenvalue weighted by molar-refractivity contribution is 0.102. The Hall–Kier alpha value is -4.31. The van der Waals surface area contributed by atoms with Gasteiger partial charge in [0.05, 0.1) is 42.6 Å². The summed E-state index contributed by atoms with van der Waals surface area (Å²) in [5.74, 6) is 1.81. The highest BCUT2D eigenvalue weighted by Crippen LogP contribution is 2.40. The highest BCUT2D eigenvalue weighted by atomic mass is 32.1. The van der Waals surface area contributed by atoms with E-state index in [-0.39, 0.29) is 5.91 Å².